The highest BCUT2D eigenvalue weighted by Crippen LogP contribution is 2.28. The van der Waals surface area contributed by atoms with Crippen molar-refractivity contribution in [3.05, 3.63) is 100 Å². The average molecular weight is 545 g/mol. The Balaban J connectivity index is 2.06. The molecular weight excluding hydrogens is 520 g/mol. The van der Waals surface area contributed by atoms with Crippen LogP contribution in [-0.4, -0.2) is 32.9 Å². The Morgan fingerprint density at radius 1 is 0.941 bits per heavy atom. The first-order valence-electron chi connectivity index (χ1n) is 10.6. The summed E-state index contributed by atoms with van der Waals surface area (Å²) in [5, 5.41) is 2.67. The van der Waals surface area contributed by atoms with Crippen molar-refractivity contribution in [1.82, 2.24) is 10.0 Å². The number of esters is 1. The number of sulfonamides is 1. The van der Waals surface area contributed by atoms with Crippen molar-refractivity contribution in [1.29, 1.82) is 0 Å². The fourth-order valence-corrected chi connectivity index (χ4v) is 5.07. The molecule has 0 heterocycles. The molecule has 3 aromatic rings. The van der Waals surface area contributed by atoms with Crippen molar-refractivity contribution >= 4 is 37.8 Å². The molecule has 0 aliphatic heterocycles. The topological polar surface area (TPSA) is 102 Å². The van der Waals surface area contributed by atoms with Gasteiger partial charge >= 0.3 is 5.97 Å². The van der Waals surface area contributed by atoms with Crippen molar-refractivity contribution in [3.8, 4) is 0 Å². The van der Waals surface area contributed by atoms with E-state index in [9.17, 15) is 18.0 Å². The highest BCUT2D eigenvalue weighted by Gasteiger charge is 2.36. The van der Waals surface area contributed by atoms with E-state index in [2.05, 4.69) is 26.0 Å². The molecule has 7 nitrogen and oxygen atoms in total. The summed E-state index contributed by atoms with van der Waals surface area (Å²) in [7, 11) is -4.06. The monoisotopic (exact) mass is 544 g/mol. The van der Waals surface area contributed by atoms with Gasteiger partial charge in [0.1, 0.15) is 6.04 Å². The van der Waals surface area contributed by atoms with Gasteiger partial charge in [0.2, 0.25) is 10.0 Å². The van der Waals surface area contributed by atoms with Crippen LogP contribution in [0.3, 0.4) is 0 Å². The lowest BCUT2D eigenvalue weighted by atomic mass is 9.99. The van der Waals surface area contributed by atoms with Gasteiger partial charge in [-0.15, -0.1) is 0 Å². The molecule has 0 aromatic heterocycles. The van der Waals surface area contributed by atoms with E-state index in [0.29, 0.717) is 15.6 Å². The number of rotatable bonds is 9. The fourth-order valence-electron chi connectivity index (χ4n) is 3.32. The van der Waals surface area contributed by atoms with Crippen molar-refractivity contribution in [2.24, 2.45) is 0 Å². The molecule has 0 aliphatic carbocycles. The van der Waals surface area contributed by atoms with E-state index in [1.165, 1.54) is 12.1 Å². The molecule has 0 saturated carbocycles. The van der Waals surface area contributed by atoms with Gasteiger partial charge < -0.3 is 10.1 Å². The van der Waals surface area contributed by atoms with Crippen molar-refractivity contribution in [3.63, 3.8) is 0 Å². The van der Waals surface area contributed by atoms with Gasteiger partial charge in [0.25, 0.3) is 5.91 Å². The van der Waals surface area contributed by atoms with Gasteiger partial charge in [-0.1, -0.05) is 70.0 Å². The maximum absolute atomic E-state index is 13.3. The maximum atomic E-state index is 13.3. The lowest BCUT2D eigenvalue weighted by Crippen LogP contribution is -2.51. The molecule has 9 heteroatoms. The molecule has 0 spiro atoms. The molecule has 34 heavy (non-hydrogen) atoms. The zero-order chi connectivity index (χ0) is 24.7. The SMILES string of the molecule is CCOC(=O)[C@@H](NC(=O)c1ccccc1)[C@@H](NS(=O)(=O)c1ccc(C)cc1)c1ccccc1Br. The van der Waals surface area contributed by atoms with Gasteiger partial charge in [0, 0.05) is 10.0 Å². The summed E-state index contributed by atoms with van der Waals surface area (Å²) in [4.78, 5) is 26.0. The van der Waals surface area contributed by atoms with E-state index < -0.39 is 34.0 Å². The molecule has 178 valence electrons. The molecule has 0 fully saturated rings. The van der Waals surface area contributed by atoms with Crippen LogP contribution in [0.25, 0.3) is 0 Å². The Labute approximate surface area is 207 Å². The summed E-state index contributed by atoms with van der Waals surface area (Å²) >= 11 is 3.44. The van der Waals surface area contributed by atoms with E-state index in [1.807, 2.05) is 6.92 Å². The summed E-state index contributed by atoms with van der Waals surface area (Å²) in [5.74, 6) is -1.30. The van der Waals surface area contributed by atoms with Crippen LogP contribution in [0.15, 0.2) is 88.2 Å². The third kappa shape index (κ3) is 6.31. The van der Waals surface area contributed by atoms with E-state index in [0.717, 1.165) is 5.56 Å². The van der Waals surface area contributed by atoms with Crippen LogP contribution >= 0.6 is 15.9 Å². The molecule has 0 radical (unpaired) electrons. The summed E-state index contributed by atoms with van der Waals surface area (Å²) in [6.45, 7) is 3.55. The molecule has 3 rings (SSSR count). The number of hydrogen-bond donors (Lipinski definition) is 2. The number of carbonyl (C=O) groups excluding carboxylic acids is 2. The van der Waals surface area contributed by atoms with Gasteiger partial charge in [-0.05, 0) is 49.7 Å². The van der Waals surface area contributed by atoms with Gasteiger partial charge in [-0.25, -0.2) is 17.9 Å². The highest BCUT2D eigenvalue weighted by molar-refractivity contribution is 9.10. The number of hydrogen-bond acceptors (Lipinski definition) is 5. The first kappa shape index (κ1) is 25.6. The third-order valence-electron chi connectivity index (χ3n) is 5.05. The smallest absolute Gasteiger partial charge is 0.330 e. The van der Waals surface area contributed by atoms with Crippen LogP contribution < -0.4 is 10.0 Å². The Morgan fingerprint density at radius 2 is 1.56 bits per heavy atom. The third-order valence-corrected chi connectivity index (χ3v) is 7.23. The number of ether oxygens (including phenoxy) is 1. The predicted molar refractivity (Wildman–Crippen MR) is 133 cm³/mol. The molecule has 0 unspecified atom stereocenters. The zero-order valence-corrected chi connectivity index (χ0v) is 21.1. The molecule has 0 aliphatic rings. The number of amides is 1. The molecule has 0 bridgehead atoms. The van der Waals surface area contributed by atoms with E-state index in [1.54, 1.807) is 73.7 Å². The summed E-state index contributed by atoms with van der Waals surface area (Å²) in [6.07, 6.45) is 0. The minimum atomic E-state index is -4.06. The quantitative estimate of drug-likeness (QED) is 0.394. The van der Waals surface area contributed by atoms with Crippen LogP contribution in [0.5, 0.6) is 0 Å². The first-order chi connectivity index (χ1) is 16.2. The normalized spacial score (nSPS) is 13.0. The number of carbonyl (C=O) groups is 2. The van der Waals surface area contributed by atoms with Crippen molar-refractivity contribution in [2.45, 2.75) is 30.8 Å². The van der Waals surface area contributed by atoms with Crippen LogP contribution in [-0.2, 0) is 19.6 Å². The van der Waals surface area contributed by atoms with E-state index in [-0.39, 0.29) is 11.5 Å². The minimum absolute atomic E-state index is 0.0344. The Kier molecular flexibility index (Phi) is 8.60. The Hall–Kier alpha value is -3.01. The lowest BCUT2D eigenvalue weighted by molar-refractivity contribution is -0.146. The van der Waals surface area contributed by atoms with Crippen LogP contribution in [0, 0.1) is 6.92 Å². The molecule has 0 saturated heterocycles. The Bertz CT molecular complexity index is 1250. The maximum Gasteiger partial charge on any atom is 0.330 e. The molecule has 2 atom stereocenters. The lowest BCUT2D eigenvalue weighted by Gasteiger charge is -2.28. The number of nitrogens with one attached hydrogen (secondary N) is 2. The first-order valence-corrected chi connectivity index (χ1v) is 12.9. The van der Waals surface area contributed by atoms with Crippen LogP contribution in [0.2, 0.25) is 0 Å². The number of aryl methyl sites for hydroxylation is 1. The van der Waals surface area contributed by atoms with E-state index in [4.69, 9.17) is 4.74 Å². The number of benzene rings is 3. The second-order valence-electron chi connectivity index (χ2n) is 7.50. The minimum Gasteiger partial charge on any atom is -0.464 e. The van der Waals surface area contributed by atoms with Crippen LogP contribution in [0.4, 0.5) is 0 Å². The molecule has 1 amide bonds. The fraction of sp³-hybridized carbons (Fsp3) is 0.200. The molecule has 3 aromatic carbocycles. The summed E-state index contributed by atoms with van der Waals surface area (Å²) in [5.41, 5.74) is 1.69. The summed E-state index contributed by atoms with van der Waals surface area (Å²) in [6, 6.07) is 19.1. The van der Waals surface area contributed by atoms with Crippen molar-refractivity contribution < 1.29 is 22.7 Å². The highest BCUT2D eigenvalue weighted by atomic mass is 79.9. The summed E-state index contributed by atoms with van der Waals surface area (Å²) < 4.78 is 35.0. The molecule has 2 N–H and O–H groups in total. The molecular formula is C25H25BrN2O5S. The standard InChI is InChI=1S/C25H25BrN2O5S/c1-3-33-25(30)23(27-24(29)18-9-5-4-6-10-18)22(20-11-7-8-12-21(20)26)28-34(31,32)19-15-13-17(2)14-16-19/h4-16,22-23,28H,3H2,1-2H3,(H,27,29)/t22-,23-/m0/s1. The number of halogens is 1. The average Bonchev–Trinajstić information content (AvgIpc) is 2.82. The Morgan fingerprint density at radius 3 is 2.18 bits per heavy atom. The predicted octanol–water partition coefficient (Wildman–Crippen LogP) is 4.14. The van der Waals surface area contributed by atoms with E-state index >= 15 is 0 Å². The zero-order valence-electron chi connectivity index (χ0n) is 18.7. The second-order valence-corrected chi connectivity index (χ2v) is 10.1. The largest absolute Gasteiger partial charge is 0.464 e. The van der Waals surface area contributed by atoms with Crippen molar-refractivity contribution in [2.75, 3.05) is 6.61 Å². The van der Waals surface area contributed by atoms with Gasteiger partial charge in [-0.2, -0.15) is 0 Å². The van der Waals surface area contributed by atoms with Crippen LogP contribution in [0.1, 0.15) is 34.5 Å². The van der Waals surface area contributed by atoms with Gasteiger partial charge in [-0.3, -0.25) is 4.79 Å². The van der Waals surface area contributed by atoms with Gasteiger partial charge in [0.15, 0.2) is 0 Å². The van der Waals surface area contributed by atoms with Gasteiger partial charge in [0.05, 0.1) is 17.5 Å². The second kappa shape index (κ2) is 11.4.